The van der Waals surface area contributed by atoms with Crippen molar-refractivity contribution in [3.8, 4) is 11.3 Å². The number of primary amides is 1. The lowest BCUT2D eigenvalue weighted by atomic mass is 10.0. The van der Waals surface area contributed by atoms with E-state index in [9.17, 15) is 4.79 Å². The molecule has 1 aromatic heterocycles. The molecule has 0 unspecified atom stereocenters. The Bertz CT molecular complexity index is 529. The van der Waals surface area contributed by atoms with Crippen molar-refractivity contribution in [2.45, 2.75) is 19.8 Å². The average Bonchev–Trinajstić information content (AvgIpc) is 2.78. The number of rotatable bonds is 3. The van der Waals surface area contributed by atoms with E-state index in [4.69, 9.17) is 5.73 Å². The standard InChI is InChI=1S/C13H14N2OS/c1-8(2)9-3-5-10(6-4-9)11-7-17-13(15-11)12(14)16/h3-8H,1-2H3,(H2,14,16)/p+1. The number of nitrogens with two attached hydrogens (primary N) is 1. The third-order valence-corrected chi connectivity index (χ3v) is 3.55. The van der Waals surface area contributed by atoms with Crippen LogP contribution in [0.4, 0.5) is 0 Å². The second-order valence-electron chi connectivity index (χ2n) is 4.24. The molecule has 0 saturated carbocycles. The van der Waals surface area contributed by atoms with Gasteiger partial charge in [-0.1, -0.05) is 37.3 Å². The van der Waals surface area contributed by atoms with Crippen molar-refractivity contribution >= 4 is 17.2 Å². The highest BCUT2D eigenvalue weighted by Crippen LogP contribution is 2.21. The van der Waals surface area contributed by atoms with Crippen LogP contribution >= 0.6 is 11.3 Å². The highest BCUT2D eigenvalue weighted by molar-refractivity contribution is 7.11. The maximum absolute atomic E-state index is 11.0. The van der Waals surface area contributed by atoms with Gasteiger partial charge >= 0.3 is 10.9 Å². The minimum atomic E-state index is -0.417. The van der Waals surface area contributed by atoms with Crippen LogP contribution in [0.15, 0.2) is 29.6 Å². The number of amides is 1. The van der Waals surface area contributed by atoms with E-state index in [0.717, 1.165) is 11.3 Å². The molecular formula is C13H15N2OS+. The minimum absolute atomic E-state index is 0.417. The summed E-state index contributed by atoms with van der Waals surface area (Å²) in [5, 5.41) is 2.39. The van der Waals surface area contributed by atoms with E-state index in [2.05, 4.69) is 43.1 Å². The van der Waals surface area contributed by atoms with Crippen LogP contribution in [0.5, 0.6) is 0 Å². The molecule has 0 aliphatic carbocycles. The summed E-state index contributed by atoms with van der Waals surface area (Å²) in [6.07, 6.45) is 0. The molecule has 88 valence electrons. The van der Waals surface area contributed by atoms with Crippen molar-refractivity contribution in [2.75, 3.05) is 0 Å². The van der Waals surface area contributed by atoms with Crippen LogP contribution in [0.25, 0.3) is 11.3 Å². The highest BCUT2D eigenvalue weighted by atomic mass is 32.1. The number of carbonyl (C=O) groups is 1. The average molecular weight is 247 g/mol. The fourth-order valence-electron chi connectivity index (χ4n) is 1.61. The quantitative estimate of drug-likeness (QED) is 0.890. The molecule has 1 aromatic carbocycles. The van der Waals surface area contributed by atoms with Gasteiger partial charge in [-0.3, -0.25) is 4.79 Å². The predicted octanol–water partition coefficient (Wildman–Crippen LogP) is 2.45. The fraction of sp³-hybridized carbons (Fsp3) is 0.231. The zero-order valence-corrected chi connectivity index (χ0v) is 10.7. The van der Waals surface area contributed by atoms with E-state index in [-0.39, 0.29) is 0 Å². The molecule has 3 nitrogen and oxygen atoms in total. The Morgan fingerprint density at radius 2 is 1.94 bits per heavy atom. The van der Waals surface area contributed by atoms with E-state index in [1.807, 2.05) is 5.38 Å². The van der Waals surface area contributed by atoms with Crippen molar-refractivity contribution in [2.24, 2.45) is 5.73 Å². The molecule has 0 radical (unpaired) electrons. The van der Waals surface area contributed by atoms with E-state index >= 15 is 0 Å². The molecule has 0 bridgehead atoms. The SMILES string of the molecule is CC(C)c1ccc(-c2csc(C(N)=O)[nH+]2)cc1. The van der Waals surface area contributed by atoms with Gasteiger partial charge in [0.15, 0.2) is 0 Å². The Balaban J connectivity index is 2.30. The van der Waals surface area contributed by atoms with Crippen molar-refractivity contribution in [3.05, 3.63) is 40.2 Å². The van der Waals surface area contributed by atoms with Gasteiger partial charge in [0.1, 0.15) is 0 Å². The Kier molecular flexibility index (Phi) is 3.24. The van der Waals surface area contributed by atoms with Crippen molar-refractivity contribution in [1.29, 1.82) is 0 Å². The normalized spacial score (nSPS) is 10.8. The second kappa shape index (κ2) is 4.67. The zero-order valence-electron chi connectivity index (χ0n) is 9.86. The molecule has 0 aliphatic heterocycles. The van der Waals surface area contributed by atoms with Gasteiger partial charge in [0, 0.05) is 5.56 Å². The molecule has 0 atom stereocenters. The zero-order chi connectivity index (χ0) is 12.4. The Labute approximate surface area is 104 Å². The molecule has 1 amide bonds. The second-order valence-corrected chi connectivity index (χ2v) is 5.12. The van der Waals surface area contributed by atoms with Gasteiger partial charge < -0.3 is 5.73 Å². The van der Waals surface area contributed by atoms with Gasteiger partial charge in [-0.2, -0.15) is 4.98 Å². The summed E-state index contributed by atoms with van der Waals surface area (Å²) in [4.78, 5) is 14.0. The van der Waals surface area contributed by atoms with Gasteiger partial charge in [-0.15, -0.1) is 0 Å². The van der Waals surface area contributed by atoms with Crippen molar-refractivity contribution < 1.29 is 9.78 Å². The molecule has 1 heterocycles. The van der Waals surface area contributed by atoms with Crippen LogP contribution in [0.3, 0.4) is 0 Å². The van der Waals surface area contributed by atoms with E-state index < -0.39 is 5.91 Å². The summed E-state index contributed by atoms with van der Waals surface area (Å²) >= 11 is 1.33. The van der Waals surface area contributed by atoms with Gasteiger partial charge in [0.05, 0.1) is 5.38 Å². The summed E-state index contributed by atoms with van der Waals surface area (Å²) in [7, 11) is 0. The van der Waals surface area contributed by atoms with Crippen LogP contribution in [0, 0.1) is 0 Å². The molecular weight excluding hydrogens is 232 g/mol. The first-order valence-electron chi connectivity index (χ1n) is 5.49. The first-order valence-corrected chi connectivity index (χ1v) is 6.37. The monoisotopic (exact) mass is 247 g/mol. The number of thiazole rings is 1. The summed E-state index contributed by atoms with van der Waals surface area (Å²) < 4.78 is 0. The molecule has 0 fully saturated rings. The largest absolute Gasteiger partial charge is 0.360 e. The number of hydrogen-bond acceptors (Lipinski definition) is 2. The van der Waals surface area contributed by atoms with Crippen LogP contribution in [0.2, 0.25) is 0 Å². The molecule has 4 heteroatoms. The number of aromatic amines is 1. The molecule has 2 rings (SSSR count). The summed E-state index contributed by atoms with van der Waals surface area (Å²) in [5.41, 5.74) is 8.51. The summed E-state index contributed by atoms with van der Waals surface area (Å²) in [5.74, 6) is 0.108. The number of hydrogen-bond donors (Lipinski definition) is 1. The number of H-pyrrole nitrogens is 1. The molecule has 3 N–H and O–H groups in total. The predicted molar refractivity (Wildman–Crippen MR) is 68.9 cm³/mol. The van der Waals surface area contributed by atoms with Crippen LogP contribution in [-0.2, 0) is 0 Å². The van der Waals surface area contributed by atoms with E-state index in [1.165, 1.54) is 16.9 Å². The van der Waals surface area contributed by atoms with Gasteiger partial charge in [0.2, 0.25) is 5.69 Å². The Morgan fingerprint density at radius 3 is 2.41 bits per heavy atom. The lowest BCUT2D eigenvalue weighted by Gasteiger charge is -2.04. The molecule has 0 spiro atoms. The molecule has 17 heavy (non-hydrogen) atoms. The van der Waals surface area contributed by atoms with Crippen molar-refractivity contribution in [1.82, 2.24) is 0 Å². The number of benzene rings is 1. The summed E-state index contributed by atoms with van der Waals surface area (Å²) in [6.45, 7) is 4.33. The van der Waals surface area contributed by atoms with E-state index in [0.29, 0.717) is 10.9 Å². The molecule has 2 aromatic rings. The van der Waals surface area contributed by atoms with Crippen LogP contribution in [0.1, 0.15) is 35.1 Å². The minimum Gasteiger partial charge on any atom is -0.360 e. The smallest absolute Gasteiger partial charge is 0.326 e. The van der Waals surface area contributed by atoms with Gasteiger partial charge in [-0.25, -0.2) is 0 Å². The highest BCUT2D eigenvalue weighted by Gasteiger charge is 2.16. The third kappa shape index (κ3) is 2.53. The van der Waals surface area contributed by atoms with E-state index in [1.54, 1.807) is 0 Å². The summed E-state index contributed by atoms with van der Waals surface area (Å²) in [6, 6.07) is 8.32. The van der Waals surface area contributed by atoms with Gasteiger partial charge in [-0.05, 0) is 23.6 Å². The number of nitrogens with one attached hydrogen (secondary N) is 1. The maximum Gasteiger partial charge on any atom is 0.326 e. The van der Waals surface area contributed by atoms with Gasteiger partial charge in [0.25, 0.3) is 0 Å². The molecule has 0 saturated heterocycles. The number of carbonyl (C=O) groups excluding carboxylic acids is 1. The third-order valence-electron chi connectivity index (χ3n) is 2.65. The Hall–Kier alpha value is -1.68. The first-order chi connectivity index (χ1) is 8.08. The topological polar surface area (TPSA) is 57.2 Å². The number of aromatic nitrogens is 1. The first kappa shape index (κ1) is 11.8. The van der Waals surface area contributed by atoms with Crippen LogP contribution < -0.4 is 10.7 Å². The lowest BCUT2D eigenvalue weighted by molar-refractivity contribution is -0.361. The van der Waals surface area contributed by atoms with Crippen LogP contribution in [-0.4, -0.2) is 5.91 Å². The van der Waals surface area contributed by atoms with Crippen molar-refractivity contribution in [3.63, 3.8) is 0 Å². The fourth-order valence-corrected chi connectivity index (χ4v) is 2.32. The molecule has 0 aliphatic rings. The Morgan fingerprint density at radius 1 is 1.29 bits per heavy atom. The maximum atomic E-state index is 11.0. The lowest BCUT2D eigenvalue weighted by Crippen LogP contribution is -2.20.